The van der Waals surface area contributed by atoms with Crippen LogP contribution in [0.2, 0.25) is 0 Å². The maximum Gasteiger partial charge on any atom is 0.224 e. The molecule has 0 saturated carbocycles. The molecule has 1 aromatic carbocycles. The summed E-state index contributed by atoms with van der Waals surface area (Å²) in [7, 11) is 2.09. The second-order valence-corrected chi connectivity index (χ2v) is 7.04. The van der Waals surface area contributed by atoms with Crippen LogP contribution in [0, 0.1) is 11.6 Å². The fraction of sp³-hybridized carbons (Fsp3) is 0.368. The molecule has 0 aliphatic carbocycles. The van der Waals surface area contributed by atoms with Gasteiger partial charge in [-0.05, 0) is 31.3 Å². The topological polar surface area (TPSA) is 78.7 Å². The molecular formula is C19H21F2N7O. The molecule has 4 rings (SSSR count). The van der Waals surface area contributed by atoms with Crippen LogP contribution in [0.4, 0.5) is 20.3 Å². The lowest BCUT2D eigenvalue weighted by Gasteiger charge is -2.33. The van der Waals surface area contributed by atoms with Crippen LogP contribution < -0.4 is 10.2 Å². The predicted molar refractivity (Wildman–Crippen MR) is 104 cm³/mol. The van der Waals surface area contributed by atoms with Gasteiger partial charge in [-0.25, -0.2) is 8.78 Å². The van der Waals surface area contributed by atoms with E-state index in [1.54, 1.807) is 4.52 Å². The molecule has 1 amide bonds. The summed E-state index contributed by atoms with van der Waals surface area (Å²) >= 11 is 0. The number of aryl methyl sites for hydroxylation is 1. The van der Waals surface area contributed by atoms with Crippen LogP contribution in [0.1, 0.15) is 12.2 Å². The van der Waals surface area contributed by atoms with Crippen molar-refractivity contribution in [1.29, 1.82) is 0 Å². The summed E-state index contributed by atoms with van der Waals surface area (Å²) < 4.78 is 28.5. The van der Waals surface area contributed by atoms with Crippen molar-refractivity contribution in [3.63, 3.8) is 0 Å². The van der Waals surface area contributed by atoms with Gasteiger partial charge < -0.3 is 15.1 Å². The third kappa shape index (κ3) is 4.32. The summed E-state index contributed by atoms with van der Waals surface area (Å²) in [6.45, 7) is 3.69. The van der Waals surface area contributed by atoms with Gasteiger partial charge in [0.25, 0.3) is 0 Å². The molecular weight excluding hydrogens is 380 g/mol. The number of nitrogens with zero attached hydrogens (tertiary/aromatic N) is 6. The number of amides is 1. The number of aromatic nitrogens is 4. The summed E-state index contributed by atoms with van der Waals surface area (Å²) in [5.74, 6) is -0.387. The minimum atomic E-state index is -0.689. The molecule has 10 heteroatoms. The van der Waals surface area contributed by atoms with Crippen LogP contribution in [-0.4, -0.2) is 63.8 Å². The van der Waals surface area contributed by atoms with Gasteiger partial charge in [0.15, 0.2) is 11.5 Å². The van der Waals surface area contributed by atoms with Crippen molar-refractivity contribution >= 4 is 23.1 Å². The van der Waals surface area contributed by atoms with Crippen molar-refractivity contribution in [1.82, 2.24) is 24.7 Å². The molecule has 0 spiro atoms. The number of halogens is 2. The highest BCUT2D eigenvalue weighted by atomic mass is 19.1. The van der Waals surface area contributed by atoms with E-state index in [0.29, 0.717) is 11.5 Å². The van der Waals surface area contributed by atoms with Crippen LogP contribution in [0.25, 0.3) is 5.65 Å². The number of carbonyl (C=O) groups is 1. The number of anilines is 2. The Morgan fingerprint density at radius 3 is 2.69 bits per heavy atom. The standard InChI is InChI=1S/C19H21F2N7O/c1-26-8-10-27(11-9-26)18-5-4-16-23-24-17(28(16)25-18)6-7-19(29)22-15-12-13(20)2-3-14(15)21/h2-5,12H,6-11H2,1H3,(H,22,29). The number of hydrogen-bond donors (Lipinski definition) is 1. The number of nitrogens with one attached hydrogen (secondary N) is 1. The van der Waals surface area contributed by atoms with Gasteiger partial charge in [-0.15, -0.1) is 15.3 Å². The first-order chi connectivity index (χ1) is 14.0. The monoisotopic (exact) mass is 401 g/mol. The van der Waals surface area contributed by atoms with E-state index in [0.717, 1.165) is 50.2 Å². The van der Waals surface area contributed by atoms with E-state index >= 15 is 0 Å². The fourth-order valence-electron chi connectivity index (χ4n) is 3.22. The molecule has 3 heterocycles. The van der Waals surface area contributed by atoms with E-state index in [4.69, 9.17) is 0 Å². The smallest absolute Gasteiger partial charge is 0.224 e. The van der Waals surface area contributed by atoms with Crippen molar-refractivity contribution in [3.8, 4) is 0 Å². The van der Waals surface area contributed by atoms with E-state index in [1.165, 1.54) is 0 Å². The summed E-state index contributed by atoms with van der Waals surface area (Å²) in [4.78, 5) is 16.6. The van der Waals surface area contributed by atoms with E-state index in [-0.39, 0.29) is 18.5 Å². The van der Waals surface area contributed by atoms with Gasteiger partial charge in [0.2, 0.25) is 5.91 Å². The molecule has 29 heavy (non-hydrogen) atoms. The third-order valence-corrected chi connectivity index (χ3v) is 4.92. The van der Waals surface area contributed by atoms with Gasteiger partial charge in [-0.3, -0.25) is 4.79 Å². The number of carbonyl (C=O) groups excluding carboxylic acids is 1. The summed E-state index contributed by atoms with van der Waals surface area (Å²) in [5, 5.41) is 15.2. The zero-order valence-corrected chi connectivity index (χ0v) is 16.0. The average molecular weight is 401 g/mol. The van der Waals surface area contributed by atoms with E-state index in [9.17, 15) is 13.6 Å². The van der Waals surface area contributed by atoms with Gasteiger partial charge in [0.05, 0.1) is 5.69 Å². The Balaban J connectivity index is 1.44. The van der Waals surface area contributed by atoms with Crippen LogP contribution in [-0.2, 0) is 11.2 Å². The van der Waals surface area contributed by atoms with Crippen molar-refractivity contribution in [2.75, 3.05) is 43.4 Å². The Kier molecular flexibility index (Phi) is 5.34. The highest BCUT2D eigenvalue weighted by molar-refractivity contribution is 5.90. The largest absolute Gasteiger partial charge is 0.353 e. The predicted octanol–water partition coefficient (Wildman–Crippen LogP) is 1.73. The molecule has 3 aromatic rings. The molecule has 1 aliphatic heterocycles. The van der Waals surface area contributed by atoms with E-state index in [1.807, 2.05) is 12.1 Å². The van der Waals surface area contributed by atoms with E-state index in [2.05, 4.69) is 37.5 Å². The van der Waals surface area contributed by atoms with Crippen LogP contribution in [0.3, 0.4) is 0 Å². The van der Waals surface area contributed by atoms with Gasteiger partial charge in [-0.1, -0.05) is 0 Å². The molecule has 1 aliphatic rings. The normalized spacial score (nSPS) is 15.1. The van der Waals surface area contributed by atoms with Crippen LogP contribution >= 0.6 is 0 Å². The highest BCUT2D eigenvalue weighted by Gasteiger charge is 2.17. The quantitative estimate of drug-likeness (QED) is 0.702. The molecule has 2 aromatic heterocycles. The van der Waals surface area contributed by atoms with Gasteiger partial charge >= 0.3 is 0 Å². The zero-order valence-electron chi connectivity index (χ0n) is 16.0. The SMILES string of the molecule is CN1CCN(c2ccc3nnc(CCC(=O)Nc4cc(F)ccc4F)n3n2)CC1. The van der Waals surface area contributed by atoms with Crippen molar-refractivity contribution in [2.45, 2.75) is 12.8 Å². The lowest BCUT2D eigenvalue weighted by Crippen LogP contribution is -2.45. The minimum absolute atomic E-state index is 0.0389. The molecule has 1 fully saturated rings. The Morgan fingerprint density at radius 2 is 1.90 bits per heavy atom. The number of rotatable bonds is 5. The number of likely N-dealkylation sites (N-methyl/N-ethyl adjacent to an activating group) is 1. The Bertz CT molecular complexity index is 1030. The molecule has 0 radical (unpaired) electrons. The van der Waals surface area contributed by atoms with Gasteiger partial charge in [-0.2, -0.15) is 4.52 Å². The second-order valence-electron chi connectivity index (χ2n) is 7.04. The van der Waals surface area contributed by atoms with E-state index < -0.39 is 17.5 Å². The lowest BCUT2D eigenvalue weighted by atomic mass is 10.2. The summed E-state index contributed by atoms with van der Waals surface area (Å²) in [5.41, 5.74) is 0.408. The Labute approximate surface area is 166 Å². The molecule has 1 saturated heterocycles. The summed E-state index contributed by atoms with van der Waals surface area (Å²) in [6.07, 6.45) is 0.306. The van der Waals surface area contributed by atoms with Crippen LogP contribution in [0.15, 0.2) is 30.3 Å². The van der Waals surface area contributed by atoms with Crippen molar-refractivity contribution in [2.24, 2.45) is 0 Å². The van der Waals surface area contributed by atoms with Crippen LogP contribution in [0.5, 0.6) is 0 Å². The fourth-order valence-corrected chi connectivity index (χ4v) is 3.22. The van der Waals surface area contributed by atoms with Crippen molar-refractivity contribution in [3.05, 3.63) is 47.8 Å². The average Bonchev–Trinajstić information content (AvgIpc) is 3.12. The molecule has 152 valence electrons. The lowest BCUT2D eigenvalue weighted by molar-refractivity contribution is -0.116. The number of hydrogen-bond acceptors (Lipinski definition) is 6. The minimum Gasteiger partial charge on any atom is -0.353 e. The first-order valence-corrected chi connectivity index (χ1v) is 9.39. The molecule has 0 atom stereocenters. The first kappa shape index (κ1) is 19.2. The molecule has 0 bridgehead atoms. The highest BCUT2D eigenvalue weighted by Crippen LogP contribution is 2.17. The number of fused-ring (bicyclic) bond motifs is 1. The van der Waals surface area contributed by atoms with Gasteiger partial charge in [0.1, 0.15) is 17.5 Å². The first-order valence-electron chi connectivity index (χ1n) is 9.39. The Morgan fingerprint density at radius 1 is 1.10 bits per heavy atom. The zero-order chi connectivity index (χ0) is 20.4. The molecule has 0 unspecified atom stereocenters. The second kappa shape index (κ2) is 8.08. The number of benzene rings is 1. The number of piperazine rings is 1. The van der Waals surface area contributed by atoms with Crippen molar-refractivity contribution < 1.29 is 13.6 Å². The maximum atomic E-state index is 13.7. The molecule has 8 nitrogen and oxygen atoms in total. The maximum absolute atomic E-state index is 13.7. The van der Waals surface area contributed by atoms with Gasteiger partial charge in [0, 0.05) is 45.1 Å². The summed E-state index contributed by atoms with van der Waals surface area (Å²) in [6, 6.07) is 6.68. The Hall–Kier alpha value is -3.14. The third-order valence-electron chi connectivity index (χ3n) is 4.92. The molecule has 1 N–H and O–H groups in total.